The van der Waals surface area contributed by atoms with Gasteiger partial charge in [-0.1, -0.05) is 17.9 Å². The van der Waals surface area contributed by atoms with Crippen LogP contribution in [0.3, 0.4) is 0 Å². The zero-order valence-electron chi connectivity index (χ0n) is 19.0. The molecule has 1 aliphatic heterocycles. The van der Waals surface area contributed by atoms with Crippen molar-refractivity contribution in [1.82, 2.24) is 0 Å². The maximum Gasteiger partial charge on any atom is 0.337 e. The van der Waals surface area contributed by atoms with Gasteiger partial charge in [0.25, 0.3) is 0 Å². The van der Waals surface area contributed by atoms with E-state index in [9.17, 15) is 24.9 Å². The van der Waals surface area contributed by atoms with Crippen molar-refractivity contribution in [2.45, 2.75) is 30.8 Å². The van der Waals surface area contributed by atoms with E-state index < -0.39 is 36.4 Å². The molecule has 3 rings (SSSR count). The quantitative estimate of drug-likeness (QED) is 0.436. The topological polar surface area (TPSA) is 132 Å². The highest BCUT2D eigenvalue weighted by Gasteiger charge is 2.37. The zero-order valence-corrected chi connectivity index (χ0v) is 19.0. The predicted molar refractivity (Wildman–Crippen MR) is 119 cm³/mol. The van der Waals surface area contributed by atoms with Crippen LogP contribution in [-0.4, -0.2) is 73.5 Å². The van der Waals surface area contributed by atoms with Crippen LogP contribution in [0.25, 0.3) is 0 Å². The molecule has 0 unspecified atom stereocenters. The molecule has 0 aliphatic carbocycles. The van der Waals surface area contributed by atoms with E-state index >= 15 is 0 Å². The number of aliphatic hydroxyl groups is 3. The highest BCUT2D eigenvalue weighted by atomic mass is 16.5. The van der Waals surface area contributed by atoms with Gasteiger partial charge in [0.2, 0.25) is 0 Å². The maximum absolute atomic E-state index is 12.0. The first-order chi connectivity index (χ1) is 16.3. The fourth-order valence-corrected chi connectivity index (χ4v) is 3.66. The molecule has 1 heterocycles. The number of rotatable bonds is 5. The zero-order chi connectivity index (χ0) is 24.8. The summed E-state index contributed by atoms with van der Waals surface area (Å²) in [6.07, 6.45) is -3.60. The summed E-state index contributed by atoms with van der Waals surface area (Å²) < 4.78 is 20.6. The molecule has 3 N–H and O–H groups in total. The van der Waals surface area contributed by atoms with Gasteiger partial charge >= 0.3 is 11.9 Å². The van der Waals surface area contributed by atoms with E-state index in [1.165, 1.54) is 39.5 Å². The third-order valence-electron chi connectivity index (χ3n) is 5.42. The first-order valence-corrected chi connectivity index (χ1v) is 10.4. The fourth-order valence-electron chi connectivity index (χ4n) is 3.66. The lowest BCUT2D eigenvalue weighted by Gasteiger charge is -2.36. The van der Waals surface area contributed by atoms with Gasteiger partial charge in [0, 0.05) is 12.0 Å². The van der Waals surface area contributed by atoms with Crippen LogP contribution in [0.1, 0.15) is 49.9 Å². The summed E-state index contributed by atoms with van der Waals surface area (Å²) in [5, 5.41) is 30.0. The molecule has 34 heavy (non-hydrogen) atoms. The van der Waals surface area contributed by atoms with E-state index in [2.05, 4.69) is 11.8 Å². The minimum absolute atomic E-state index is 0.121. The van der Waals surface area contributed by atoms with Crippen molar-refractivity contribution < 1.29 is 43.9 Å². The minimum Gasteiger partial charge on any atom is -0.495 e. The van der Waals surface area contributed by atoms with E-state index in [4.69, 9.17) is 18.9 Å². The van der Waals surface area contributed by atoms with Gasteiger partial charge in [-0.05, 0) is 35.9 Å². The summed E-state index contributed by atoms with van der Waals surface area (Å²) in [6, 6.07) is 9.30. The summed E-state index contributed by atoms with van der Waals surface area (Å²) in [7, 11) is 3.94. The van der Waals surface area contributed by atoms with E-state index in [0.717, 1.165) is 0 Å². The third-order valence-corrected chi connectivity index (χ3v) is 5.42. The Morgan fingerprint density at radius 1 is 1.00 bits per heavy atom. The Labute approximate surface area is 196 Å². The van der Waals surface area contributed by atoms with Crippen molar-refractivity contribution in [1.29, 1.82) is 0 Å². The van der Waals surface area contributed by atoms with E-state index in [1.807, 2.05) is 0 Å². The summed E-state index contributed by atoms with van der Waals surface area (Å²) in [6.45, 7) is -0.290. The molecule has 180 valence electrons. The molecule has 2 aromatic rings. The molecular weight excluding hydrogens is 444 g/mol. The largest absolute Gasteiger partial charge is 0.495 e. The highest BCUT2D eigenvalue weighted by molar-refractivity contribution is 5.96. The molecular formula is C25H26O9. The molecule has 0 amide bonds. The molecule has 9 heteroatoms. The van der Waals surface area contributed by atoms with Crippen LogP contribution in [-0.2, 0) is 14.2 Å². The van der Waals surface area contributed by atoms with Gasteiger partial charge in [0.1, 0.15) is 18.0 Å². The minimum atomic E-state index is -1.18. The first-order valence-electron chi connectivity index (χ1n) is 10.4. The van der Waals surface area contributed by atoms with Crippen molar-refractivity contribution in [2.24, 2.45) is 0 Å². The number of aliphatic hydroxyl groups excluding tert-OH is 3. The second kappa shape index (κ2) is 11.1. The Morgan fingerprint density at radius 2 is 1.65 bits per heavy atom. The van der Waals surface area contributed by atoms with Gasteiger partial charge in [-0.3, -0.25) is 0 Å². The highest BCUT2D eigenvalue weighted by Crippen LogP contribution is 2.34. The average Bonchev–Trinajstić information content (AvgIpc) is 2.87. The number of benzene rings is 2. The number of esters is 2. The first kappa shape index (κ1) is 25.2. The predicted octanol–water partition coefficient (Wildman–Crippen LogP) is 1.21. The monoisotopic (exact) mass is 470 g/mol. The molecule has 0 saturated carbocycles. The third kappa shape index (κ3) is 5.55. The SMILES string of the molecule is COC(=O)c1cc(C#Cc2cc([C@H]3O[C@H](CO)C[C@H](O)[C@@H]3O)ccc2OC)cc(C(=O)OC)c1. The fraction of sp³-hybridized carbons (Fsp3) is 0.360. The molecule has 4 atom stereocenters. The van der Waals surface area contributed by atoms with E-state index in [-0.39, 0.29) is 24.2 Å². The van der Waals surface area contributed by atoms with E-state index in [0.29, 0.717) is 22.4 Å². The molecule has 9 nitrogen and oxygen atoms in total. The molecule has 2 aromatic carbocycles. The lowest BCUT2D eigenvalue weighted by atomic mass is 9.92. The molecule has 1 fully saturated rings. The standard InChI is InChI=1S/C25H26O9/c1-31-21-7-6-16(23-22(28)20(27)12-19(13-26)34-23)10-15(21)5-4-14-8-17(24(29)32-2)11-18(9-14)25(30)33-3/h6-11,19-20,22-23,26-28H,12-13H2,1-3H3/t19-,20-,22-,23+/m0/s1. The van der Waals surface area contributed by atoms with Crippen LogP contribution in [0, 0.1) is 11.8 Å². The van der Waals surface area contributed by atoms with Gasteiger partial charge in [-0.25, -0.2) is 9.59 Å². The molecule has 1 aliphatic rings. The van der Waals surface area contributed by atoms with Crippen molar-refractivity contribution in [2.75, 3.05) is 27.9 Å². The average molecular weight is 470 g/mol. The van der Waals surface area contributed by atoms with Crippen molar-refractivity contribution in [3.05, 3.63) is 64.2 Å². The summed E-state index contributed by atoms with van der Waals surface area (Å²) >= 11 is 0. The normalized spacial score (nSPS) is 21.7. The van der Waals surface area contributed by atoms with Crippen molar-refractivity contribution >= 4 is 11.9 Å². The van der Waals surface area contributed by atoms with Gasteiger partial charge < -0.3 is 34.3 Å². The lowest BCUT2D eigenvalue weighted by molar-refractivity contribution is -0.179. The second-order valence-electron chi connectivity index (χ2n) is 7.65. The smallest absolute Gasteiger partial charge is 0.337 e. The summed E-state index contributed by atoms with van der Waals surface area (Å²) in [5.41, 5.74) is 1.62. The number of carbonyl (C=O) groups excluding carboxylic acids is 2. The van der Waals surface area contributed by atoms with Gasteiger partial charge in [0.15, 0.2) is 0 Å². The molecule has 0 radical (unpaired) electrons. The van der Waals surface area contributed by atoms with Gasteiger partial charge in [-0.2, -0.15) is 0 Å². The van der Waals surface area contributed by atoms with Crippen LogP contribution in [0.5, 0.6) is 5.75 Å². The molecule has 0 aromatic heterocycles. The Bertz CT molecular complexity index is 1080. The van der Waals surface area contributed by atoms with Gasteiger partial charge in [0.05, 0.1) is 56.8 Å². The number of carbonyl (C=O) groups is 2. The number of ether oxygens (including phenoxy) is 4. The van der Waals surface area contributed by atoms with Crippen LogP contribution < -0.4 is 4.74 Å². The Hall–Kier alpha value is -3.42. The van der Waals surface area contributed by atoms with Crippen molar-refractivity contribution in [3.8, 4) is 17.6 Å². The van der Waals surface area contributed by atoms with Crippen LogP contribution in [0.15, 0.2) is 36.4 Å². The number of methoxy groups -OCH3 is 3. The molecule has 1 saturated heterocycles. The van der Waals surface area contributed by atoms with E-state index in [1.54, 1.807) is 18.2 Å². The van der Waals surface area contributed by atoms with Crippen LogP contribution in [0.4, 0.5) is 0 Å². The summed E-state index contributed by atoms with van der Waals surface area (Å²) in [4.78, 5) is 24.0. The molecule has 0 bridgehead atoms. The van der Waals surface area contributed by atoms with Gasteiger partial charge in [-0.15, -0.1) is 0 Å². The van der Waals surface area contributed by atoms with Crippen LogP contribution >= 0.6 is 0 Å². The lowest BCUT2D eigenvalue weighted by Crippen LogP contribution is -2.44. The Balaban J connectivity index is 2.02. The molecule has 0 spiro atoms. The Morgan fingerprint density at radius 3 is 2.21 bits per heavy atom. The second-order valence-corrected chi connectivity index (χ2v) is 7.65. The summed E-state index contributed by atoms with van der Waals surface area (Å²) in [5.74, 6) is 5.04. The van der Waals surface area contributed by atoms with Crippen LogP contribution in [0.2, 0.25) is 0 Å². The maximum atomic E-state index is 12.0. The number of hydrogen-bond acceptors (Lipinski definition) is 9. The van der Waals surface area contributed by atoms with Crippen molar-refractivity contribution in [3.63, 3.8) is 0 Å². The number of hydrogen-bond donors (Lipinski definition) is 3. The Kier molecular flexibility index (Phi) is 8.26.